The molecule has 550 valence electrons. The molecule has 0 saturated carbocycles. The van der Waals surface area contributed by atoms with Crippen molar-refractivity contribution < 1.29 is 35.1 Å². The Morgan fingerprint density at radius 3 is 0.674 bits per heavy atom. The lowest BCUT2D eigenvalue weighted by Gasteiger charge is -2.42. The summed E-state index contributed by atoms with van der Waals surface area (Å²) in [5.74, 6) is 3.05. The maximum atomic E-state index is 14.3. The normalized spacial score (nSPS) is 16.4. The SMILES string of the molecule is CC(C)C(C)(F)C(C)C.CCC(C)(CC)C(C)(F)C(C)C.CCC(C)(F)C(C(C)C)C(C)C.CCC(CC)[C@@](C)(F)C(C)C.CCCC(C)(F)CCC.CCC[C@](C)(F)C(C(C)C)C(C)C.CCC[C@](C)(F)C(C)(CC)CC.CCC[C@](C)(F)C(CC)CC. The summed E-state index contributed by atoms with van der Waals surface area (Å²) in [5, 5.41) is 0. The van der Waals surface area contributed by atoms with Gasteiger partial charge in [0.25, 0.3) is 0 Å². The minimum Gasteiger partial charge on any atom is -0.244 e. The summed E-state index contributed by atoms with van der Waals surface area (Å²) >= 11 is 0. The molecule has 0 N–H and O–H groups in total. The van der Waals surface area contributed by atoms with Crippen molar-refractivity contribution in [1.29, 1.82) is 0 Å². The third kappa shape index (κ3) is 41.2. The maximum Gasteiger partial charge on any atom is 0.115 e. The molecule has 0 spiro atoms. The molecule has 0 aliphatic rings. The fourth-order valence-corrected chi connectivity index (χ4v) is 13.8. The Morgan fingerprint density at radius 2 is 0.517 bits per heavy atom. The van der Waals surface area contributed by atoms with E-state index in [4.69, 9.17) is 0 Å². The predicted molar refractivity (Wildman–Crippen MR) is 392 cm³/mol. The van der Waals surface area contributed by atoms with Gasteiger partial charge in [0, 0.05) is 10.8 Å². The molecule has 0 aromatic rings. The average molecular weight is 1300 g/mol. The zero-order valence-corrected chi connectivity index (χ0v) is 68.4. The van der Waals surface area contributed by atoms with Crippen molar-refractivity contribution in [1.82, 2.24) is 0 Å². The van der Waals surface area contributed by atoms with Crippen molar-refractivity contribution in [2.24, 2.45) is 81.8 Å². The first-order valence-corrected chi connectivity index (χ1v) is 37.5. The van der Waals surface area contributed by atoms with Gasteiger partial charge < -0.3 is 0 Å². The monoisotopic (exact) mass is 1300 g/mol. The van der Waals surface area contributed by atoms with Crippen molar-refractivity contribution in [2.75, 3.05) is 0 Å². The Labute approximate surface area is 558 Å². The second-order valence-corrected chi connectivity index (χ2v) is 32.1. The van der Waals surface area contributed by atoms with E-state index >= 15 is 0 Å². The van der Waals surface area contributed by atoms with E-state index in [0.717, 1.165) is 83.5 Å². The van der Waals surface area contributed by atoms with Gasteiger partial charge in [-0.2, -0.15) is 0 Å². The van der Waals surface area contributed by atoms with Gasteiger partial charge in [-0.25, -0.2) is 35.1 Å². The van der Waals surface area contributed by atoms with Crippen molar-refractivity contribution in [3.05, 3.63) is 0 Å². The highest BCUT2D eigenvalue weighted by Crippen LogP contribution is 2.46. The van der Waals surface area contributed by atoms with Crippen LogP contribution in [0.2, 0.25) is 0 Å². The van der Waals surface area contributed by atoms with Crippen LogP contribution in [0.4, 0.5) is 35.1 Å². The topological polar surface area (TPSA) is 0 Å². The second kappa shape index (κ2) is 49.9. The van der Waals surface area contributed by atoms with Gasteiger partial charge in [0.15, 0.2) is 0 Å². The molecule has 0 saturated heterocycles. The van der Waals surface area contributed by atoms with E-state index in [-0.39, 0.29) is 58.2 Å². The van der Waals surface area contributed by atoms with Gasteiger partial charge in [-0.1, -0.05) is 279 Å². The van der Waals surface area contributed by atoms with Crippen LogP contribution >= 0.6 is 0 Å². The van der Waals surface area contributed by atoms with Crippen LogP contribution in [0.25, 0.3) is 0 Å². The van der Waals surface area contributed by atoms with Gasteiger partial charge in [0.05, 0.1) is 0 Å². The van der Waals surface area contributed by atoms with E-state index in [1.807, 2.05) is 96.9 Å². The van der Waals surface area contributed by atoms with Gasteiger partial charge in [-0.05, 0) is 191 Å². The summed E-state index contributed by atoms with van der Waals surface area (Å²) in [6.45, 7) is 79.1. The van der Waals surface area contributed by atoms with Crippen molar-refractivity contribution in [3.63, 3.8) is 0 Å². The third-order valence-electron chi connectivity index (χ3n) is 22.3. The van der Waals surface area contributed by atoms with Gasteiger partial charge >= 0.3 is 0 Å². The minimum atomic E-state index is -1.05. The van der Waals surface area contributed by atoms with E-state index in [1.165, 1.54) is 0 Å². The van der Waals surface area contributed by atoms with Crippen LogP contribution < -0.4 is 0 Å². The summed E-state index contributed by atoms with van der Waals surface area (Å²) in [7, 11) is 0. The Kier molecular flexibility index (Phi) is 58.6. The van der Waals surface area contributed by atoms with Gasteiger partial charge in [-0.15, -0.1) is 0 Å². The van der Waals surface area contributed by atoms with E-state index in [1.54, 1.807) is 55.4 Å². The van der Waals surface area contributed by atoms with E-state index in [9.17, 15) is 35.1 Å². The third-order valence-corrected chi connectivity index (χ3v) is 22.3. The van der Waals surface area contributed by atoms with Crippen LogP contribution in [0.5, 0.6) is 0 Å². The van der Waals surface area contributed by atoms with E-state index < -0.39 is 45.4 Å². The zero-order chi connectivity index (χ0) is 73.4. The number of alkyl halides is 8. The Balaban J connectivity index is -0.000000141. The van der Waals surface area contributed by atoms with Crippen molar-refractivity contribution >= 4 is 0 Å². The number of rotatable bonds is 33. The minimum absolute atomic E-state index is 0.0994. The highest BCUT2D eigenvalue weighted by atomic mass is 19.2. The first kappa shape index (κ1) is 105. The summed E-state index contributed by atoms with van der Waals surface area (Å²) in [4.78, 5) is 0. The molecule has 0 bridgehead atoms. The van der Waals surface area contributed by atoms with Crippen LogP contribution in [0.1, 0.15) is 399 Å². The molecule has 0 radical (unpaired) electrons. The molecular formula is C81H170F8. The fraction of sp³-hybridized carbons (Fsp3) is 1.00. The predicted octanol–water partition coefficient (Wildman–Crippen LogP) is 31.1. The van der Waals surface area contributed by atoms with Crippen LogP contribution in [-0.4, -0.2) is 45.4 Å². The smallest absolute Gasteiger partial charge is 0.115 e. The molecule has 0 nitrogen and oxygen atoms in total. The molecule has 0 fully saturated rings. The average Bonchev–Trinajstić information content (AvgIpc) is 3.38. The molecule has 8 heteroatoms. The molecule has 0 aliphatic carbocycles. The Bertz CT molecular complexity index is 1510. The van der Waals surface area contributed by atoms with Crippen LogP contribution in [-0.2, 0) is 0 Å². The first-order chi connectivity index (χ1) is 39.9. The summed E-state index contributed by atoms with van der Waals surface area (Å²) in [6, 6.07) is 0. The second-order valence-electron chi connectivity index (χ2n) is 32.1. The Morgan fingerprint density at radius 1 is 0.258 bits per heavy atom. The first-order valence-electron chi connectivity index (χ1n) is 37.5. The summed E-state index contributed by atoms with van der Waals surface area (Å²) in [5.41, 5.74) is -8.14. The summed E-state index contributed by atoms with van der Waals surface area (Å²) < 4.78 is 111. The molecule has 0 aromatic carbocycles. The maximum absolute atomic E-state index is 14.3. The zero-order valence-electron chi connectivity index (χ0n) is 68.4. The molecule has 89 heavy (non-hydrogen) atoms. The van der Waals surface area contributed by atoms with E-state index in [0.29, 0.717) is 62.2 Å². The van der Waals surface area contributed by atoms with Crippen molar-refractivity contribution in [2.45, 2.75) is 444 Å². The largest absolute Gasteiger partial charge is 0.244 e. The summed E-state index contributed by atoms with van der Waals surface area (Å²) in [6.07, 6.45) is 16.3. The fourth-order valence-electron chi connectivity index (χ4n) is 13.8. The highest BCUT2D eigenvalue weighted by molar-refractivity contribution is 4.94. The van der Waals surface area contributed by atoms with Gasteiger partial charge in [0.1, 0.15) is 45.4 Å². The molecule has 0 aromatic heterocycles. The standard InChI is InChI=1S/C12H25F.3C11H23F.2C10H21F.2C8H17F/c1-7-8-12(6,13)11(9(2)3)10(4)5;1-7-10(5,8-2)11(6,12)9(3)4;1-7-11(6,12)10(8(2)3)9(4)5;1-6-9-11(5,12)10(4,7-2)8-3;1-6-9(7-2)10(5,11)8(3)4;1-5-8-10(4,11)9(6-2)7-3;1-6(2)8(5,9)7(3)4;1-4-6-8(3,9)7-5-2/h9-11H,7-8H2,1-6H3;9H,7-8H2,1-6H3;8-10H,7H2,1-6H3;6-9H2,1-5H3;8-9H,6-7H2,1-5H3;9H,5-8H2,1-4H3;6-7H,1-5H3;4-7H2,1-3H3/t12-;;;11-;2*10-;;/m0..000../s1. The molecule has 0 rings (SSSR count). The highest BCUT2D eigenvalue weighted by Gasteiger charge is 2.45. The molecule has 6 atom stereocenters. The number of halogens is 8. The van der Waals surface area contributed by atoms with Gasteiger partial charge in [-0.3, -0.25) is 0 Å². The molecule has 0 heterocycles. The van der Waals surface area contributed by atoms with Crippen LogP contribution in [0, 0.1) is 81.8 Å². The quantitative estimate of drug-likeness (QED) is 0.0575. The van der Waals surface area contributed by atoms with Crippen LogP contribution in [0.3, 0.4) is 0 Å². The molecule has 0 aliphatic heterocycles. The number of hydrogen-bond acceptors (Lipinski definition) is 0. The Hall–Kier alpha value is -0.560. The molecular weight excluding hydrogens is 1120 g/mol. The number of hydrogen-bond donors (Lipinski definition) is 0. The lowest BCUT2D eigenvalue weighted by Crippen LogP contribution is -2.43. The lowest BCUT2D eigenvalue weighted by atomic mass is 9.67. The van der Waals surface area contributed by atoms with Crippen molar-refractivity contribution in [3.8, 4) is 0 Å². The van der Waals surface area contributed by atoms with Gasteiger partial charge in [0.2, 0.25) is 0 Å². The molecule has 2 unspecified atom stereocenters. The van der Waals surface area contributed by atoms with E-state index in [2.05, 4.69) is 125 Å². The lowest BCUT2D eigenvalue weighted by molar-refractivity contribution is -0.0267. The molecule has 0 amide bonds. The van der Waals surface area contributed by atoms with Crippen LogP contribution in [0.15, 0.2) is 0 Å².